The van der Waals surface area contributed by atoms with E-state index in [1.807, 2.05) is 36.4 Å². The number of hydrogen-bond acceptors (Lipinski definition) is 1. The number of benzene rings is 4. The van der Waals surface area contributed by atoms with Gasteiger partial charge >= 0.3 is 0 Å². The lowest BCUT2D eigenvalue weighted by molar-refractivity contribution is 0.590. The van der Waals surface area contributed by atoms with E-state index >= 15 is 0 Å². The van der Waals surface area contributed by atoms with Crippen molar-refractivity contribution in [3.05, 3.63) is 108 Å². The van der Waals surface area contributed by atoms with Crippen LogP contribution in [0.15, 0.2) is 91.0 Å². The second kappa shape index (κ2) is 7.38. The van der Waals surface area contributed by atoms with Gasteiger partial charge in [0.2, 0.25) is 0 Å². The molecule has 0 saturated heterocycles. The first-order valence-corrected chi connectivity index (χ1v) is 11.2. The Morgan fingerprint density at radius 3 is 2.06 bits per heavy atom. The summed E-state index contributed by atoms with van der Waals surface area (Å²) in [6, 6.07) is 31.4. The first kappa shape index (κ1) is 17.3. The van der Waals surface area contributed by atoms with E-state index in [1.54, 1.807) is 13.8 Å². The standard InChI is InChI=1S/C31H31N/c1-30(2,3)22-19-17-21(18-20-22)23-11-7-9-15-27(23)32-28-16-10-13-25-24-12-6-8-14-26(24)31(4,5)29(25)28/h6-20,32H,1-5H3/i1D3. The molecule has 1 aliphatic rings. The van der Waals surface area contributed by atoms with Crippen molar-refractivity contribution < 1.29 is 4.11 Å². The zero-order chi connectivity index (χ0) is 25.0. The molecule has 0 aliphatic heterocycles. The highest BCUT2D eigenvalue weighted by atomic mass is 14.9. The maximum Gasteiger partial charge on any atom is 0.0463 e. The fraction of sp³-hybridized carbons (Fsp3) is 0.226. The van der Waals surface area contributed by atoms with Gasteiger partial charge in [0.1, 0.15) is 0 Å². The molecule has 0 radical (unpaired) electrons. The van der Waals surface area contributed by atoms with E-state index in [0.29, 0.717) is 0 Å². The SMILES string of the molecule is [2H]C([2H])([2H])C(C)(C)c1ccc(-c2ccccc2Nc2cccc3c2C(C)(C)c2ccccc2-3)cc1. The third kappa shape index (κ3) is 3.33. The van der Waals surface area contributed by atoms with Crippen LogP contribution in [0.25, 0.3) is 22.3 Å². The summed E-state index contributed by atoms with van der Waals surface area (Å²) in [5.41, 5.74) is 9.31. The van der Waals surface area contributed by atoms with Gasteiger partial charge in [0, 0.05) is 26.5 Å². The molecule has 160 valence electrons. The van der Waals surface area contributed by atoms with Crippen LogP contribution in [0.2, 0.25) is 0 Å². The Morgan fingerprint density at radius 2 is 1.31 bits per heavy atom. The number of rotatable bonds is 3. The van der Waals surface area contributed by atoms with Gasteiger partial charge in [-0.2, -0.15) is 0 Å². The summed E-state index contributed by atoms with van der Waals surface area (Å²) in [4.78, 5) is 0. The van der Waals surface area contributed by atoms with Crippen LogP contribution in [0.4, 0.5) is 11.4 Å². The first-order chi connectivity index (χ1) is 16.5. The van der Waals surface area contributed by atoms with E-state index in [4.69, 9.17) is 4.11 Å². The summed E-state index contributed by atoms with van der Waals surface area (Å²) in [6.07, 6.45) is 0. The number of anilines is 2. The van der Waals surface area contributed by atoms with Crippen LogP contribution in [0, 0.1) is 0 Å². The maximum atomic E-state index is 7.91. The van der Waals surface area contributed by atoms with Crippen LogP contribution in [-0.2, 0) is 10.8 Å². The Hall–Kier alpha value is -3.32. The topological polar surface area (TPSA) is 12.0 Å². The zero-order valence-corrected chi connectivity index (χ0v) is 19.2. The Bertz CT molecular complexity index is 1400. The van der Waals surface area contributed by atoms with Gasteiger partial charge in [-0.3, -0.25) is 0 Å². The minimum absolute atomic E-state index is 0.104. The van der Waals surface area contributed by atoms with E-state index in [9.17, 15) is 0 Å². The molecular formula is C31H31N. The van der Waals surface area contributed by atoms with Gasteiger partial charge in [0.25, 0.3) is 0 Å². The van der Waals surface area contributed by atoms with E-state index in [0.717, 1.165) is 28.1 Å². The van der Waals surface area contributed by atoms with Crippen LogP contribution in [0.1, 0.15) is 55.3 Å². The molecular weight excluding hydrogens is 386 g/mol. The van der Waals surface area contributed by atoms with Crippen molar-refractivity contribution in [3.63, 3.8) is 0 Å². The molecule has 0 atom stereocenters. The van der Waals surface area contributed by atoms with Crippen molar-refractivity contribution in [3.8, 4) is 22.3 Å². The Labute approximate surface area is 196 Å². The molecule has 0 spiro atoms. The summed E-state index contributed by atoms with van der Waals surface area (Å²) in [5, 5.41) is 3.74. The summed E-state index contributed by atoms with van der Waals surface area (Å²) in [6.45, 7) is 6.08. The summed E-state index contributed by atoms with van der Waals surface area (Å²) < 4.78 is 23.7. The van der Waals surface area contributed by atoms with Crippen LogP contribution in [0.3, 0.4) is 0 Å². The fourth-order valence-corrected chi connectivity index (χ4v) is 5.01. The molecule has 0 saturated carbocycles. The molecule has 0 heterocycles. The Morgan fingerprint density at radius 1 is 0.688 bits per heavy atom. The van der Waals surface area contributed by atoms with Crippen molar-refractivity contribution in [1.29, 1.82) is 0 Å². The predicted octanol–water partition coefficient (Wildman–Crippen LogP) is 8.70. The monoisotopic (exact) mass is 420 g/mol. The van der Waals surface area contributed by atoms with Gasteiger partial charge in [-0.1, -0.05) is 113 Å². The molecule has 4 aromatic rings. The fourth-order valence-electron chi connectivity index (χ4n) is 5.01. The molecule has 1 nitrogen and oxygen atoms in total. The summed E-state index contributed by atoms with van der Waals surface area (Å²) >= 11 is 0. The minimum Gasteiger partial charge on any atom is -0.355 e. The number of nitrogens with one attached hydrogen (secondary N) is 1. The lowest BCUT2D eigenvalue weighted by Gasteiger charge is -2.25. The molecule has 0 aromatic heterocycles. The molecule has 4 aromatic carbocycles. The second-order valence-electron chi connectivity index (χ2n) is 9.77. The minimum atomic E-state index is -2.06. The number of para-hydroxylation sites is 1. The third-order valence-corrected chi connectivity index (χ3v) is 6.69. The van der Waals surface area contributed by atoms with Gasteiger partial charge in [-0.05, 0) is 50.9 Å². The second-order valence-corrected chi connectivity index (χ2v) is 9.77. The highest BCUT2D eigenvalue weighted by Crippen LogP contribution is 2.52. The molecule has 5 rings (SSSR count). The van der Waals surface area contributed by atoms with E-state index < -0.39 is 12.3 Å². The normalized spacial score (nSPS) is 15.8. The molecule has 0 bridgehead atoms. The van der Waals surface area contributed by atoms with Gasteiger partial charge in [-0.15, -0.1) is 0 Å². The van der Waals surface area contributed by atoms with Gasteiger partial charge in [-0.25, -0.2) is 0 Å². The third-order valence-electron chi connectivity index (χ3n) is 6.69. The van der Waals surface area contributed by atoms with Crippen LogP contribution in [-0.4, -0.2) is 0 Å². The molecule has 0 unspecified atom stereocenters. The zero-order valence-electron chi connectivity index (χ0n) is 22.2. The quantitative estimate of drug-likeness (QED) is 0.349. The van der Waals surface area contributed by atoms with E-state index in [-0.39, 0.29) is 5.41 Å². The number of hydrogen-bond donors (Lipinski definition) is 1. The Kier molecular flexibility index (Phi) is 3.98. The van der Waals surface area contributed by atoms with Crippen LogP contribution in [0.5, 0.6) is 0 Å². The summed E-state index contributed by atoms with van der Waals surface area (Å²) in [7, 11) is 0. The highest BCUT2D eigenvalue weighted by molar-refractivity contribution is 5.89. The average molecular weight is 421 g/mol. The van der Waals surface area contributed by atoms with Crippen molar-refractivity contribution in [2.45, 2.75) is 45.4 Å². The lowest BCUT2D eigenvalue weighted by Crippen LogP contribution is -2.16. The van der Waals surface area contributed by atoms with Gasteiger partial charge in [0.15, 0.2) is 0 Å². The van der Waals surface area contributed by atoms with Crippen molar-refractivity contribution in [2.24, 2.45) is 0 Å². The van der Waals surface area contributed by atoms with Crippen molar-refractivity contribution in [1.82, 2.24) is 0 Å². The lowest BCUT2D eigenvalue weighted by atomic mass is 9.81. The summed E-state index contributed by atoms with van der Waals surface area (Å²) in [5.74, 6) is 0. The predicted molar refractivity (Wildman–Crippen MR) is 138 cm³/mol. The Balaban J connectivity index is 1.54. The largest absolute Gasteiger partial charge is 0.355 e. The first-order valence-electron chi connectivity index (χ1n) is 12.7. The van der Waals surface area contributed by atoms with Crippen LogP contribution >= 0.6 is 0 Å². The molecule has 0 fully saturated rings. The smallest absolute Gasteiger partial charge is 0.0463 e. The molecule has 1 heteroatoms. The van der Waals surface area contributed by atoms with Gasteiger partial charge in [0.05, 0.1) is 0 Å². The van der Waals surface area contributed by atoms with E-state index in [2.05, 4.69) is 73.8 Å². The van der Waals surface area contributed by atoms with Crippen molar-refractivity contribution in [2.75, 3.05) is 5.32 Å². The van der Waals surface area contributed by atoms with E-state index in [1.165, 1.54) is 22.3 Å². The highest BCUT2D eigenvalue weighted by Gasteiger charge is 2.37. The average Bonchev–Trinajstić information content (AvgIpc) is 3.07. The molecule has 1 N–H and O–H groups in total. The number of fused-ring (bicyclic) bond motifs is 3. The van der Waals surface area contributed by atoms with Crippen molar-refractivity contribution >= 4 is 11.4 Å². The molecule has 32 heavy (non-hydrogen) atoms. The van der Waals surface area contributed by atoms with Gasteiger partial charge < -0.3 is 5.32 Å². The maximum absolute atomic E-state index is 7.91. The molecule has 1 aliphatic carbocycles. The van der Waals surface area contributed by atoms with Crippen LogP contribution < -0.4 is 5.32 Å². The molecule has 0 amide bonds.